The van der Waals surface area contributed by atoms with E-state index in [0.29, 0.717) is 5.82 Å². The van der Waals surface area contributed by atoms with Crippen LogP contribution in [0.4, 0.5) is 11.6 Å². The molecule has 1 aliphatic rings. The first kappa shape index (κ1) is 13.0. The Morgan fingerprint density at radius 2 is 2.00 bits per heavy atom. The van der Waals surface area contributed by atoms with Gasteiger partial charge in [0.15, 0.2) is 0 Å². The molecular formula is C12H22N6. The molecule has 6 nitrogen and oxygen atoms in total. The van der Waals surface area contributed by atoms with E-state index in [1.54, 1.807) is 0 Å². The molecule has 0 radical (unpaired) electrons. The molecule has 0 bridgehead atoms. The smallest absolute Gasteiger partial charge is 0.145 e. The lowest BCUT2D eigenvalue weighted by atomic mass is 9.97. The van der Waals surface area contributed by atoms with Gasteiger partial charge in [-0.15, -0.1) is 0 Å². The summed E-state index contributed by atoms with van der Waals surface area (Å²) in [4.78, 5) is 10.9. The zero-order chi connectivity index (χ0) is 13.0. The summed E-state index contributed by atoms with van der Waals surface area (Å²) in [5.41, 5.74) is 2.55. The minimum absolute atomic E-state index is 0.647. The van der Waals surface area contributed by atoms with Gasteiger partial charge in [-0.3, -0.25) is 0 Å². The predicted octanol–water partition coefficient (Wildman–Crippen LogP) is 0.824. The Morgan fingerprint density at radius 1 is 1.33 bits per heavy atom. The Hall–Kier alpha value is -1.40. The van der Waals surface area contributed by atoms with Crippen molar-refractivity contribution in [3.63, 3.8) is 0 Å². The Labute approximate surface area is 108 Å². The number of anilines is 2. The zero-order valence-corrected chi connectivity index (χ0v) is 11.1. The predicted molar refractivity (Wildman–Crippen MR) is 73.3 cm³/mol. The molecule has 2 rings (SSSR count). The van der Waals surface area contributed by atoms with Gasteiger partial charge in [0.2, 0.25) is 0 Å². The Morgan fingerprint density at radius 3 is 2.67 bits per heavy atom. The van der Waals surface area contributed by atoms with Crippen LogP contribution < -0.4 is 16.6 Å². The van der Waals surface area contributed by atoms with E-state index in [0.717, 1.165) is 24.1 Å². The SMILES string of the molecule is Cc1nc(NN)cc(NCC2CCN(C)CC2)n1. The van der Waals surface area contributed by atoms with Crippen LogP contribution in [0.3, 0.4) is 0 Å². The average molecular weight is 250 g/mol. The Bertz CT molecular complexity index is 386. The molecule has 0 aliphatic carbocycles. The van der Waals surface area contributed by atoms with E-state index in [1.165, 1.54) is 25.9 Å². The van der Waals surface area contributed by atoms with Crippen LogP contribution in [0, 0.1) is 12.8 Å². The topological polar surface area (TPSA) is 79.1 Å². The second kappa shape index (κ2) is 5.97. The molecule has 0 aromatic carbocycles. The molecule has 0 amide bonds. The molecule has 1 aromatic heterocycles. The van der Waals surface area contributed by atoms with Crippen LogP contribution in [0.1, 0.15) is 18.7 Å². The van der Waals surface area contributed by atoms with Gasteiger partial charge in [-0.1, -0.05) is 0 Å². The molecule has 1 aliphatic heterocycles. The van der Waals surface area contributed by atoms with Gasteiger partial charge >= 0.3 is 0 Å². The molecule has 0 unspecified atom stereocenters. The molecular weight excluding hydrogens is 228 g/mol. The molecule has 0 atom stereocenters. The molecule has 18 heavy (non-hydrogen) atoms. The first-order valence-corrected chi connectivity index (χ1v) is 6.42. The number of rotatable bonds is 4. The maximum absolute atomic E-state index is 5.37. The van der Waals surface area contributed by atoms with Gasteiger partial charge in [0, 0.05) is 12.6 Å². The minimum Gasteiger partial charge on any atom is -0.370 e. The van der Waals surface area contributed by atoms with Crippen molar-refractivity contribution in [2.75, 3.05) is 37.4 Å². The van der Waals surface area contributed by atoms with Gasteiger partial charge < -0.3 is 15.6 Å². The quantitative estimate of drug-likeness (QED) is 0.542. The van der Waals surface area contributed by atoms with E-state index in [4.69, 9.17) is 5.84 Å². The van der Waals surface area contributed by atoms with E-state index in [9.17, 15) is 0 Å². The summed E-state index contributed by atoms with van der Waals surface area (Å²) >= 11 is 0. The van der Waals surface area contributed by atoms with Gasteiger partial charge in [-0.25, -0.2) is 15.8 Å². The highest BCUT2D eigenvalue weighted by molar-refractivity contribution is 5.46. The summed E-state index contributed by atoms with van der Waals surface area (Å²) in [7, 11) is 2.18. The van der Waals surface area contributed by atoms with Crippen LogP contribution in [0.25, 0.3) is 0 Å². The molecule has 1 fully saturated rings. The lowest BCUT2D eigenvalue weighted by Gasteiger charge is -2.29. The number of aromatic nitrogens is 2. The first-order chi connectivity index (χ1) is 8.67. The number of likely N-dealkylation sites (tertiary alicyclic amines) is 1. The fourth-order valence-corrected chi connectivity index (χ4v) is 2.25. The molecule has 100 valence electrons. The second-order valence-electron chi connectivity index (χ2n) is 4.96. The van der Waals surface area contributed by atoms with E-state index in [2.05, 4.69) is 32.7 Å². The number of nitrogens with zero attached hydrogens (tertiary/aromatic N) is 3. The van der Waals surface area contributed by atoms with Crippen molar-refractivity contribution in [2.45, 2.75) is 19.8 Å². The monoisotopic (exact) mass is 250 g/mol. The number of nitrogen functional groups attached to an aromatic ring is 1. The van der Waals surface area contributed by atoms with Crippen LogP contribution in [-0.2, 0) is 0 Å². The molecule has 1 aromatic rings. The van der Waals surface area contributed by atoms with Gasteiger partial charge in [-0.05, 0) is 45.8 Å². The largest absolute Gasteiger partial charge is 0.370 e. The van der Waals surface area contributed by atoms with Crippen molar-refractivity contribution in [1.82, 2.24) is 14.9 Å². The normalized spacial score (nSPS) is 17.7. The van der Waals surface area contributed by atoms with Crippen molar-refractivity contribution in [2.24, 2.45) is 11.8 Å². The third kappa shape index (κ3) is 3.54. The molecule has 4 N–H and O–H groups in total. The van der Waals surface area contributed by atoms with Crippen LogP contribution >= 0.6 is 0 Å². The Kier molecular flexibility index (Phi) is 4.33. The molecule has 2 heterocycles. The summed E-state index contributed by atoms with van der Waals surface area (Å²) in [6, 6.07) is 1.84. The Balaban J connectivity index is 1.88. The van der Waals surface area contributed by atoms with E-state index < -0.39 is 0 Å². The van der Waals surface area contributed by atoms with Crippen molar-refractivity contribution in [3.8, 4) is 0 Å². The van der Waals surface area contributed by atoms with Crippen LogP contribution in [-0.4, -0.2) is 41.5 Å². The third-order valence-corrected chi connectivity index (χ3v) is 3.40. The van der Waals surface area contributed by atoms with E-state index in [-0.39, 0.29) is 0 Å². The van der Waals surface area contributed by atoms with Crippen molar-refractivity contribution >= 4 is 11.6 Å². The highest BCUT2D eigenvalue weighted by atomic mass is 15.3. The third-order valence-electron chi connectivity index (χ3n) is 3.40. The summed E-state index contributed by atoms with van der Waals surface area (Å²) in [5, 5.41) is 3.38. The van der Waals surface area contributed by atoms with E-state index in [1.807, 2.05) is 13.0 Å². The minimum atomic E-state index is 0.647. The zero-order valence-electron chi connectivity index (χ0n) is 11.1. The number of nitrogens with one attached hydrogen (secondary N) is 2. The first-order valence-electron chi connectivity index (χ1n) is 6.42. The molecule has 0 saturated carbocycles. The summed E-state index contributed by atoms with van der Waals surface area (Å²) < 4.78 is 0. The number of hydrazine groups is 1. The number of piperidine rings is 1. The maximum atomic E-state index is 5.37. The van der Waals surface area contributed by atoms with Crippen molar-refractivity contribution in [1.29, 1.82) is 0 Å². The highest BCUT2D eigenvalue weighted by Crippen LogP contribution is 2.17. The highest BCUT2D eigenvalue weighted by Gasteiger charge is 2.16. The molecule has 1 saturated heterocycles. The number of nitrogens with two attached hydrogens (primary N) is 1. The van der Waals surface area contributed by atoms with Gasteiger partial charge in [0.05, 0.1) is 0 Å². The van der Waals surface area contributed by atoms with Crippen molar-refractivity contribution < 1.29 is 0 Å². The second-order valence-corrected chi connectivity index (χ2v) is 4.96. The van der Waals surface area contributed by atoms with Crippen LogP contribution in [0.2, 0.25) is 0 Å². The van der Waals surface area contributed by atoms with E-state index >= 15 is 0 Å². The lowest BCUT2D eigenvalue weighted by Crippen LogP contribution is -2.33. The van der Waals surface area contributed by atoms with Crippen molar-refractivity contribution in [3.05, 3.63) is 11.9 Å². The lowest BCUT2D eigenvalue weighted by molar-refractivity contribution is 0.226. The summed E-state index contributed by atoms with van der Waals surface area (Å²) in [5.74, 6) is 8.30. The fraction of sp³-hybridized carbons (Fsp3) is 0.667. The molecule has 6 heteroatoms. The summed E-state index contributed by atoms with van der Waals surface area (Å²) in [6.07, 6.45) is 2.49. The van der Waals surface area contributed by atoms with Gasteiger partial charge in [-0.2, -0.15) is 0 Å². The number of aryl methyl sites for hydroxylation is 1. The average Bonchev–Trinajstić information content (AvgIpc) is 2.37. The van der Waals surface area contributed by atoms with Gasteiger partial charge in [0.25, 0.3) is 0 Å². The maximum Gasteiger partial charge on any atom is 0.145 e. The van der Waals surface area contributed by atoms with Gasteiger partial charge in [0.1, 0.15) is 17.5 Å². The number of hydrogen-bond donors (Lipinski definition) is 3. The fourth-order valence-electron chi connectivity index (χ4n) is 2.25. The van der Waals surface area contributed by atoms with Crippen LogP contribution in [0.15, 0.2) is 6.07 Å². The summed E-state index contributed by atoms with van der Waals surface area (Å²) in [6.45, 7) is 5.20. The standard InChI is InChI=1S/C12H22N6/c1-9-15-11(7-12(16-9)17-13)14-8-10-3-5-18(2)6-4-10/h7,10H,3-6,8,13H2,1-2H3,(H2,14,15,16,17). The number of hydrogen-bond acceptors (Lipinski definition) is 6. The van der Waals surface area contributed by atoms with Crippen LogP contribution in [0.5, 0.6) is 0 Å². The molecule has 0 spiro atoms.